The van der Waals surface area contributed by atoms with Crippen LogP contribution in [-0.4, -0.2) is 17.6 Å². The SMILES string of the molecule is CCO[C@H](C)c1nc(C(=O)O[C@@H](C)c2cccc(F)c2)cs1. The lowest BCUT2D eigenvalue weighted by Gasteiger charge is -2.12. The summed E-state index contributed by atoms with van der Waals surface area (Å²) >= 11 is 1.35. The van der Waals surface area contributed by atoms with Gasteiger partial charge >= 0.3 is 5.97 Å². The molecule has 0 radical (unpaired) electrons. The number of rotatable bonds is 6. The van der Waals surface area contributed by atoms with E-state index in [1.165, 1.54) is 23.5 Å². The molecule has 1 heterocycles. The van der Waals surface area contributed by atoms with Crippen LogP contribution in [-0.2, 0) is 9.47 Å². The first-order chi connectivity index (χ1) is 10.5. The molecule has 1 aromatic carbocycles. The maximum atomic E-state index is 13.2. The van der Waals surface area contributed by atoms with E-state index in [1.807, 2.05) is 13.8 Å². The molecule has 2 atom stereocenters. The number of thiazole rings is 1. The fraction of sp³-hybridized carbons (Fsp3) is 0.375. The van der Waals surface area contributed by atoms with E-state index < -0.39 is 12.1 Å². The first-order valence-electron chi connectivity index (χ1n) is 7.04. The van der Waals surface area contributed by atoms with Crippen molar-refractivity contribution in [1.29, 1.82) is 0 Å². The van der Waals surface area contributed by atoms with E-state index in [1.54, 1.807) is 24.4 Å². The molecular formula is C16H18FNO3S. The number of nitrogens with zero attached hydrogens (tertiary/aromatic N) is 1. The summed E-state index contributed by atoms with van der Waals surface area (Å²) in [6.07, 6.45) is -0.699. The highest BCUT2D eigenvalue weighted by molar-refractivity contribution is 7.09. The second kappa shape index (κ2) is 7.47. The molecule has 1 aromatic heterocycles. The predicted molar refractivity (Wildman–Crippen MR) is 82.4 cm³/mol. The maximum absolute atomic E-state index is 13.2. The van der Waals surface area contributed by atoms with Gasteiger partial charge in [0.2, 0.25) is 0 Å². The Morgan fingerprint density at radius 2 is 2.14 bits per heavy atom. The van der Waals surface area contributed by atoms with Crippen molar-refractivity contribution in [2.24, 2.45) is 0 Å². The van der Waals surface area contributed by atoms with E-state index in [2.05, 4.69) is 4.98 Å². The molecule has 0 fully saturated rings. The summed E-state index contributed by atoms with van der Waals surface area (Å²) in [6.45, 7) is 6.06. The van der Waals surface area contributed by atoms with Gasteiger partial charge in [-0.25, -0.2) is 14.2 Å². The van der Waals surface area contributed by atoms with Crippen LogP contribution in [0.4, 0.5) is 4.39 Å². The average molecular weight is 323 g/mol. The van der Waals surface area contributed by atoms with Crippen molar-refractivity contribution in [1.82, 2.24) is 4.98 Å². The van der Waals surface area contributed by atoms with Crippen LogP contribution in [0.3, 0.4) is 0 Å². The molecule has 0 aliphatic heterocycles. The molecule has 0 aliphatic carbocycles. The Labute approximate surface area is 132 Å². The summed E-state index contributed by atoms with van der Waals surface area (Å²) in [5.41, 5.74) is 0.848. The summed E-state index contributed by atoms with van der Waals surface area (Å²) < 4.78 is 24.0. The lowest BCUT2D eigenvalue weighted by Crippen LogP contribution is -2.10. The Morgan fingerprint density at radius 1 is 1.36 bits per heavy atom. The lowest BCUT2D eigenvalue weighted by atomic mass is 10.1. The van der Waals surface area contributed by atoms with Gasteiger partial charge in [-0.1, -0.05) is 12.1 Å². The predicted octanol–water partition coefficient (Wildman–Crippen LogP) is 4.30. The molecular weight excluding hydrogens is 305 g/mol. The van der Waals surface area contributed by atoms with E-state index in [0.29, 0.717) is 12.2 Å². The number of hydrogen-bond acceptors (Lipinski definition) is 5. The fourth-order valence-corrected chi connectivity index (χ4v) is 2.73. The van der Waals surface area contributed by atoms with Gasteiger partial charge in [-0.05, 0) is 38.5 Å². The highest BCUT2D eigenvalue weighted by Crippen LogP contribution is 2.23. The van der Waals surface area contributed by atoms with Crippen LogP contribution in [0.25, 0.3) is 0 Å². The molecule has 0 N–H and O–H groups in total. The average Bonchev–Trinajstić information content (AvgIpc) is 2.97. The summed E-state index contributed by atoms with van der Waals surface area (Å²) in [5.74, 6) is -0.884. The van der Waals surface area contributed by atoms with Gasteiger partial charge in [0.15, 0.2) is 5.69 Å². The molecule has 118 valence electrons. The zero-order valence-corrected chi connectivity index (χ0v) is 13.5. The Morgan fingerprint density at radius 3 is 2.82 bits per heavy atom. The molecule has 0 unspecified atom stereocenters. The first-order valence-corrected chi connectivity index (χ1v) is 7.92. The zero-order chi connectivity index (χ0) is 16.1. The van der Waals surface area contributed by atoms with Crippen molar-refractivity contribution < 1.29 is 18.7 Å². The van der Waals surface area contributed by atoms with E-state index in [-0.39, 0.29) is 17.6 Å². The van der Waals surface area contributed by atoms with E-state index >= 15 is 0 Å². The van der Waals surface area contributed by atoms with Gasteiger partial charge in [-0.2, -0.15) is 0 Å². The van der Waals surface area contributed by atoms with Crippen molar-refractivity contribution in [2.75, 3.05) is 6.61 Å². The van der Waals surface area contributed by atoms with E-state index in [0.717, 1.165) is 5.01 Å². The zero-order valence-electron chi connectivity index (χ0n) is 12.7. The number of halogens is 1. The van der Waals surface area contributed by atoms with E-state index in [4.69, 9.17) is 9.47 Å². The van der Waals surface area contributed by atoms with Crippen LogP contribution < -0.4 is 0 Å². The minimum atomic E-state index is -0.544. The van der Waals surface area contributed by atoms with Crippen molar-refractivity contribution >= 4 is 17.3 Å². The normalized spacial score (nSPS) is 13.6. The van der Waals surface area contributed by atoms with Gasteiger partial charge in [0, 0.05) is 12.0 Å². The topological polar surface area (TPSA) is 48.4 Å². The molecule has 0 saturated heterocycles. The van der Waals surface area contributed by atoms with E-state index in [9.17, 15) is 9.18 Å². The molecule has 4 nitrogen and oxygen atoms in total. The van der Waals surface area contributed by atoms with Gasteiger partial charge < -0.3 is 9.47 Å². The number of esters is 1. The van der Waals surface area contributed by atoms with Gasteiger partial charge in [-0.15, -0.1) is 11.3 Å². The Hall–Kier alpha value is -1.79. The van der Waals surface area contributed by atoms with Crippen LogP contribution in [0.5, 0.6) is 0 Å². The molecule has 0 saturated carbocycles. The maximum Gasteiger partial charge on any atom is 0.358 e. The summed E-state index contributed by atoms with van der Waals surface area (Å²) in [4.78, 5) is 16.3. The standard InChI is InChI=1S/C16H18FNO3S/c1-4-20-11(3)15-18-14(9-22-15)16(19)21-10(2)12-6-5-7-13(17)8-12/h5-11H,4H2,1-3H3/t10-,11+/m0/s1. The molecule has 6 heteroatoms. The van der Waals surface area contributed by atoms with Crippen LogP contribution in [0, 0.1) is 5.82 Å². The number of carbonyl (C=O) groups excluding carboxylic acids is 1. The van der Waals surface area contributed by atoms with Gasteiger partial charge in [-0.3, -0.25) is 0 Å². The monoisotopic (exact) mass is 323 g/mol. The van der Waals surface area contributed by atoms with Crippen LogP contribution in [0.15, 0.2) is 29.6 Å². The Bertz CT molecular complexity index is 644. The molecule has 22 heavy (non-hydrogen) atoms. The molecule has 2 rings (SSSR count). The van der Waals surface area contributed by atoms with Crippen LogP contribution >= 0.6 is 11.3 Å². The molecule has 0 amide bonds. The fourth-order valence-electron chi connectivity index (χ4n) is 1.94. The number of hydrogen-bond donors (Lipinski definition) is 0. The minimum absolute atomic E-state index is 0.155. The second-order valence-corrected chi connectivity index (χ2v) is 5.66. The van der Waals surface area contributed by atoms with Crippen molar-refractivity contribution in [3.05, 3.63) is 51.7 Å². The summed E-state index contributed by atoms with van der Waals surface area (Å²) in [5, 5.41) is 2.37. The van der Waals surface area contributed by atoms with Crippen molar-refractivity contribution in [3.8, 4) is 0 Å². The molecule has 0 bridgehead atoms. The third-order valence-electron chi connectivity index (χ3n) is 3.10. The Balaban J connectivity index is 2.03. The highest BCUT2D eigenvalue weighted by Gasteiger charge is 2.19. The lowest BCUT2D eigenvalue weighted by molar-refractivity contribution is 0.0329. The third kappa shape index (κ3) is 4.11. The number of carbonyl (C=O) groups is 1. The summed E-state index contributed by atoms with van der Waals surface area (Å²) in [7, 11) is 0. The van der Waals surface area contributed by atoms with Gasteiger partial charge in [0.25, 0.3) is 0 Å². The van der Waals surface area contributed by atoms with Crippen molar-refractivity contribution in [3.63, 3.8) is 0 Å². The number of aromatic nitrogens is 1. The number of ether oxygens (including phenoxy) is 2. The quantitative estimate of drug-likeness (QED) is 0.744. The third-order valence-corrected chi connectivity index (χ3v) is 4.10. The highest BCUT2D eigenvalue weighted by atomic mass is 32.1. The largest absolute Gasteiger partial charge is 0.453 e. The van der Waals surface area contributed by atoms with Crippen LogP contribution in [0.1, 0.15) is 54.0 Å². The van der Waals surface area contributed by atoms with Gasteiger partial charge in [0.1, 0.15) is 23.0 Å². The minimum Gasteiger partial charge on any atom is -0.453 e. The van der Waals surface area contributed by atoms with Gasteiger partial charge in [0.05, 0.1) is 0 Å². The molecule has 0 spiro atoms. The summed E-state index contributed by atoms with van der Waals surface area (Å²) in [6, 6.07) is 5.99. The Kier molecular flexibility index (Phi) is 5.63. The first kappa shape index (κ1) is 16.6. The molecule has 0 aliphatic rings. The molecule has 2 aromatic rings. The smallest absolute Gasteiger partial charge is 0.358 e. The second-order valence-electron chi connectivity index (χ2n) is 4.77. The number of benzene rings is 1. The van der Waals surface area contributed by atoms with Crippen molar-refractivity contribution in [2.45, 2.75) is 33.0 Å². The van der Waals surface area contributed by atoms with Crippen LogP contribution in [0.2, 0.25) is 0 Å².